The van der Waals surface area contributed by atoms with Crippen LogP contribution in [0.3, 0.4) is 0 Å². The zero-order valence-electron chi connectivity index (χ0n) is 16.9. The van der Waals surface area contributed by atoms with Gasteiger partial charge in [-0.05, 0) is 43.2 Å². The molecule has 4 rings (SSSR count). The van der Waals surface area contributed by atoms with E-state index in [4.69, 9.17) is 9.47 Å². The summed E-state index contributed by atoms with van der Waals surface area (Å²) in [6.45, 7) is 1.16. The Labute approximate surface area is 175 Å². The second-order valence-electron chi connectivity index (χ2n) is 7.75. The summed E-state index contributed by atoms with van der Waals surface area (Å²) < 4.78 is 25.2. The molecule has 2 aromatic rings. The summed E-state index contributed by atoms with van der Waals surface area (Å²) in [5, 5.41) is 3.02. The lowest BCUT2D eigenvalue weighted by molar-refractivity contribution is -0.131. The molecule has 0 radical (unpaired) electrons. The SMILES string of the molecule is COc1ccc(N2CC(NC(=O)C3(c4ccccc4F)CCOCC3)CC2=O)cc1. The first kappa shape index (κ1) is 20.3. The van der Waals surface area contributed by atoms with Crippen molar-refractivity contribution in [2.75, 3.05) is 31.8 Å². The molecule has 30 heavy (non-hydrogen) atoms. The van der Waals surface area contributed by atoms with Crippen molar-refractivity contribution in [2.24, 2.45) is 0 Å². The van der Waals surface area contributed by atoms with E-state index >= 15 is 0 Å². The molecule has 0 aliphatic carbocycles. The van der Waals surface area contributed by atoms with Crippen LogP contribution in [-0.2, 0) is 19.7 Å². The van der Waals surface area contributed by atoms with Crippen molar-refractivity contribution in [3.8, 4) is 5.75 Å². The molecule has 1 atom stereocenters. The minimum absolute atomic E-state index is 0.0580. The molecule has 0 bridgehead atoms. The average Bonchev–Trinajstić information content (AvgIpc) is 3.14. The lowest BCUT2D eigenvalue weighted by Crippen LogP contribution is -2.51. The number of amides is 2. The number of hydrogen-bond donors (Lipinski definition) is 1. The Morgan fingerprint density at radius 1 is 1.17 bits per heavy atom. The van der Waals surface area contributed by atoms with Gasteiger partial charge in [-0.2, -0.15) is 0 Å². The third-order valence-corrected chi connectivity index (χ3v) is 6.01. The molecular weight excluding hydrogens is 387 g/mol. The molecule has 1 N–H and O–H groups in total. The molecule has 2 amide bonds. The van der Waals surface area contributed by atoms with E-state index in [9.17, 15) is 14.0 Å². The monoisotopic (exact) mass is 412 g/mol. The van der Waals surface area contributed by atoms with Crippen LogP contribution < -0.4 is 15.0 Å². The molecule has 158 valence electrons. The fraction of sp³-hybridized carbons (Fsp3) is 0.391. The third kappa shape index (κ3) is 3.77. The molecule has 1 unspecified atom stereocenters. The van der Waals surface area contributed by atoms with Crippen molar-refractivity contribution in [3.63, 3.8) is 0 Å². The number of carbonyl (C=O) groups is 2. The molecule has 2 aliphatic heterocycles. The molecule has 2 heterocycles. The first-order chi connectivity index (χ1) is 14.5. The number of halogens is 1. The summed E-state index contributed by atoms with van der Waals surface area (Å²) >= 11 is 0. The minimum Gasteiger partial charge on any atom is -0.497 e. The summed E-state index contributed by atoms with van der Waals surface area (Å²) in [5.41, 5.74) is 0.162. The van der Waals surface area contributed by atoms with Crippen molar-refractivity contribution < 1.29 is 23.5 Å². The molecule has 7 heteroatoms. The van der Waals surface area contributed by atoms with E-state index in [0.29, 0.717) is 43.9 Å². The number of nitrogens with zero attached hydrogens (tertiary/aromatic N) is 1. The van der Waals surface area contributed by atoms with Gasteiger partial charge in [0.2, 0.25) is 11.8 Å². The number of rotatable bonds is 5. The molecule has 0 aromatic heterocycles. The van der Waals surface area contributed by atoms with Crippen LogP contribution in [0.2, 0.25) is 0 Å². The van der Waals surface area contributed by atoms with Gasteiger partial charge in [-0.1, -0.05) is 18.2 Å². The highest BCUT2D eigenvalue weighted by Gasteiger charge is 2.45. The van der Waals surface area contributed by atoms with Crippen molar-refractivity contribution in [1.82, 2.24) is 5.32 Å². The zero-order chi connectivity index (χ0) is 21.1. The summed E-state index contributed by atoms with van der Waals surface area (Å²) in [7, 11) is 1.59. The number of carbonyl (C=O) groups excluding carboxylic acids is 2. The second-order valence-corrected chi connectivity index (χ2v) is 7.75. The lowest BCUT2D eigenvalue weighted by atomic mass is 9.73. The van der Waals surface area contributed by atoms with Crippen LogP contribution in [0.15, 0.2) is 48.5 Å². The van der Waals surface area contributed by atoms with Gasteiger partial charge in [-0.25, -0.2) is 4.39 Å². The van der Waals surface area contributed by atoms with Crippen molar-refractivity contribution in [3.05, 3.63) is 59.9 Å². The molecule has 6 nitrogen and oxygen atoms in total. The van der Waals surface area contributed by atoms with Crippen molar-refractivity contribution in [1.29, 1.82) is 0 Å². The first-order valence-electron chi connectivity index (χ1n) is 10.1. The Morgan fingerprint density at radius 2 is 1.87 bits per heavy atom. The second kappa shape index (κ2) is 8.44. The molecule has 0 spiro atoms. The van der Waals surface area contributed by atoms with Gasteiger partial charge in [-0.3, -0.25) is 9.59 Å². The summed E-state index contributed by atoms with van der Waals surface area (Å²) in [4.78, 5) is 27.6. The Hall–Kier alpha value is -2.93. The van der Waals surface area contributed by atoms with Crippen molar-refractivity contribution >= 4 is 17.5 Å². The van der Waals surface area contributed by atoms with E-state index in [0.717, 1.165) is 5.69 Å². The normalized spacial score (nSPS) is 20.8. The third-order valence-electron chi connectivity index (χ3n) is 6.01. The summed E-state index contributed by atoms with van der Waals surface area (Å²) in [5.74, 6) is 0.0150. The predicted octanol–water partition coefficient (Wildman–Crippen LogP) is 2.80. The smallest absolute Gasteiger partial charge is 0.231 e. The van der Waals surface area contributed by atoms with Gasteiger partial charge < -0.3 is 19.7 Å². The molecule has 0 saturated carbocycles. The molecule has 2 saturated heterocycles. The minimum atomic E-state index is -0.986. The quantitative estimate of drug-likeness (QED) is 0.820. The van der Waals surface area contributed by atoms with E-state index in [1.165, 1.54) is 6.07 Å². The first-order valence-corrected chi connectivity index (χ1v) is 10.1. The van der Waals surface area contributed by atoms with E-state index in [1.54, 1.807) is 42.3 Å². The van der Waals surface area contributed by atoms with Gasteiger partial charge in [0.05, 0.1) is 18.6 Å². The molecular formula is C23H25FN2O4. The summed E-state index contributed by atoms with van der Waals surface area (Å²) in [6.07, 6.45) is 1.02. The lowest BCUT2D eigenvalue weighted by Gasteiger charge is -2.37. The fourth-order valence-electron chi connectivity index (χ4n) is 4.33. The van der Waals surface area contributed by atoms with Crippen LogP contribution in [0.1, 0.15) is 24.8 Å². The van der Waals surface area contributed by atoms with Gasteiger partial charge in [-0.15, -0.1) is 0 Å². The molecule has 2 aliphatic rings. The van der Waals surface area contributed by atoms with E-state index < -0.39 is 11.2 Å². The van der Waals surface area contributed by atoms with Crippen LogP contribution >= 0.6 is 0 Å². The number of benzene rings is 2. The van der Waals surface area contributed by atoms with E-state index in [1.807, 2.05) is 12.1 Å². The molecule has 2 fully saturated rings. The number of ether oxygens (including phenoxy) is 2. The Bertz CT molecular complexity index is 925. The van der Waals surface area contributed by atoms with Crippen molar-refractivity contribution in [2.45, 2.75) is 30.7 Å². The highest BCUT2D eigenvalue weighted by molar-refractivity contribution is 5.97. The van der Waals surface area contributed by atoms with Crippen LogP contribution in [0.5, 0.6) is 5.75 Å². The summed E-state index contributed by atoms with van der Waals surface area (Å²) in [6, 6.07) is 13.3. The predicted molar refractivity (Wildman–Crippen MR) is 110 cm³/mol. The highest BCUT2D eigenvalue weighted by atomic mass is 19.1. The Balaban J connectivity index is 1.52. The average molecular weight is 412 g/mol. The maximum absolute atomic E-state index is 14.6. The van der Waals surface area contributed by atoms with E-state index in [-0.39, 0.29) is 24.3 Å². The maximum atomic E-state index is 14.6. The largest absolute Gasteiger partial charge is 0.497 e. The fourth-order valence-corrected chi connectivity index (χ4v) is 4.33. The Kier molecular flexibility index (Phi) is 5.72. The molecule has 2 aromatic carbocycles. The number of nitrogens with one attached hydrogen (secondary N) is 1. The maximum Gasteiger partial charge on any atom is 0.231 e. The topological polar surface area (TPSA) is 67.9 Å². The van der Waals surface area contributed by atoms with Crippen LogP contribution in [0.25, 0.3) is 0 Å². The van der Waals surface area contributed by atoms with Crippen LogP contribution in [0, 0.1) is 5.82 Å². The van der Waals surface area contributed by atoms with Gasteiger partial charge in [0.25, 0.3) is 0 Å². The highest BCUT2D eigenvalue weighted by Crippen LogP contribution is 2.37. The van der Waals surface area contributed by atoms with Gasteiger partial charge in [0.15, 0.2) is 0 Å². The number of anilines is 1. The number of hydrogen-bond acceptors (Lipinski definition) is 4. The zero-order valence-corrected chi connectivity index (χ0v) is 16.9. The van der Waals surface area contributed by atoms with Gasteiger partial charge in [0, 0.05) is 37.4 Å². The van der Waals surface area contributed by atoms with Crippen LogP contribution in [0.4, 0.5) is 10.1 Å². The van der Waals surface area contributed by atoms with Crippen LogP contribution in [-0.4, -0.2) is 44.7 Å². The van der Waals surface area contributed by atoms with Gasteiger partial charge >= 0.3 is 0 Å². The standard InChI is InChI=1S/C23H25FN2O4/c1-29-18-8-6-17(7-9-18)26-15-16(14-21(26)27)25-22(28)23(10-12-30-13-11-23)19-4-2-3-5-20(19)24/h2-9,16H,10-15H2,1H3,(H,25,28). The van der Waals surface area contributed by atoms with Gasteiger partial charge in [0.1, 0.15) is 11.6 Å². The number of methoxy groups -OCH3 is 1. The van der Waals surface area contributed by atoms with E-state index in [2.05, 4.69) is 5.32 Å². The Morgan fingerprint density at radius 3 is 2.53 bits per heavy atom.